The van der Waals surface area contributed by atoms with Crippen LogP contribution >= 0.6 is 0 Å². The highest BCUT2D eigenvalue weighted by molar-refractivity contribution is 5.82. The van der Waals surface area contributed by atoms with Crippen molar-refractivity contribution < 1.29 is 14.7 Å². The summed E-state index contributed by atoms with van der Waals surface area (Å²) in [5, 5.41) is 11.8. The molecule has 0 spiro atoms. The second-order valence-electron chi connectivity index (χ2n) is 6.11. The molecule has 0 aromatic rings. The van der Waals surface area contributed by atoms with Crippen molar-refractivity contribution in [3.63, 3.8) is 0 Å². The third-order valence-corrected chi connectivity index (χ3v) is 4.02. The summed E-state index contributed by atoms with van der Waals surface area (Å²) in [5.74, 6) is -0.663. The lowest BCUT2D eigenvalue weighted by atomic mass is 9.84. The van der Waals surface area contributed by atoms with Gasteiger partial charge in [0, 0.05) is 6.04 Å². The molecule has 0 bridgehead atoms. The lowest BCUT2D eigenvalue weighted by Crippen LogP contribution is -2.51. The number of carboxylic acid groups (broad SMARTS) is 1. The van der Waals surface area contributed by atoms with Crippen LogP contribution in [-0.4, -0.2) is 29.1 Å². The van der Waals surface area contributed by atoms with Crippen molar-refractivity contribution >= 4 is 11.9 Å². The van der Waals surface area contributed by atoms with Gasteiger partial charge in [-0.1, -0.05) is 47.5 Å². The van der Waals surface area contributed by atoms with Gasteiger partial charge in [-0.15, -0.1) is 0 Å². The first-order valence-corrected chi connectivity index (χ1v) is 7.48. The van der Waals surface area contributed by atoms with Crippen molar-refractivity contribution in [2.45, 2.75) is 66.0 Å². The van der Waals surface area contributed by atoms with Gasteiger partial charge in [0.25, 0.3) is 0 Å². The van der Waals surface area contributed by atoms with Gasteiger partial charge >= 0.3 is 5.97 Å². The Kier molecular flexibility index (Phi) is 8.46. The van der Waals surface area contributed by atoms with Gasteiger partial charge in [0.2, 0.25) is 5.91 Å². The first-order chi connectivity index (χ1) is 9.20. The van der Waals surface area contributed by atoms with Gasteiger partial charge in [-0.05, 0) is 17.8 Å². The Morgan fingerprint density at radius 1 is 1.20 bits per heavy atom. The van der Waals surface area contributed by atoms with Crippen LogP contribution in [-0.2, 0) is 9.59 Å². The minimum absolute atomic E-state index is 0.0313. The van der Waals surface area contributed by atoms with Gasteiger partial charge < -0.3 is 16.2 Å². The summed E-state index contributed by atoms with van der Waals surface area (Å²) in [6.07, 6.45) is 2.00. The van der Waals surface area contributed by atoms with Gasteiger partial charge in [0.05, 0.1) is 12.5 Å². The largest absolute Gasteiger partial charge is 0.481 e. The lowest BCUT2D eigenvalue weighted by Gasteiger charge is -2.30. The first-order valence-electron chi connectivity index (χ1n) is 7.48. The van der Waals surface area contributed by atoms with E-state index in [4.69, 9.17) is 10.8 Å². The van der Waals surface area contributed by atoms with E-state index in [1.165, 1.54) is 0 Å². The predicted molar refractivity (Wildman–Crippen MR) is 80.2 cm³/mol. The summed E-state index contributed by atoms with van der Waals surface area (Å²) in [5.41, 5.74) is 5.81. The van der Waals surface area contributed by atoms with Crippen LogP contribution in [0, 0.1) is 17.8 Å². The van der Waals surface area contributed by atoms with Crippen LogP contribution in [0.1, 0.15) is 53.9 Å². The molecule has 1 amide bonds. The van der Waals surface area contributed by atoms with Gasteiger partial charge in [-0.3, -0.25) is 9.59 Å². The Hall–Kier alpha value is -1.10. The minimum Gasteiger partial charge on any atom is -0.481 e. The zero-order valence-electron chi connectivity index (χ0n) is 13.3. The highest BCUT2D eigenvalue weighted by Gasteiger charge is 2.28. The fourth-order valence-corrected chi connectivity index (χ4v) is 2.25. The van der Waals surface area contributed by atoms with E-state index in [1.54, 1.807) is 0 Å². The molecule has 0 radical (unpaired) electrons. The average Bonchev–Trinajstić information content (AvgIpc) is 2.35. The number of carbonyl (C=O) groups excluding carboxylic acids is 1. The molecule has 0 aliphatic carbocycles. The second-order valence-corrected chi connectivity index (χ2v) is 6.11. The van der Waals surface area contributed by atoms with Crippen LogP contribution < -0.4 is 11.1 Å². The Labute approximate surface area is 122 Å². The highest BCUT2D eigenvalue weighted by atomic mass is 16.4. The number of aliphatic carboxylic acids is 1. The van der Waals surface area contributed by atoms with Gasteiger partial charge in [-0.2, -0.15) is 0 Å². The average molecular weight is 286 g/mol. The van der Waals surface area contributed by atoms with Crippen molar-refractivity contribution in [3.05, 3.63) is 0 Å². The number of carboxylic acids is 1. The van der Waals surface area contributed by atoms with Crippen molar-refractivity contribution in [1.82, 2.24) is 5.32 Å². The van der Waals surface area contributed by atoms with E-state index in [9.17, 15) is 9.59 Å². The van der Waals surface area contributed by atoms with Crippen molar-refractivity contribution in [1.29, 1.82) is 0 Å². The number of amides is 1. The maximum absolute atomic E-state index is 12.0. The summed E-state index contributed by atoms with van der Waals surface area (Å²) in [7, 11) is 0. The van der Waals surface area contributed by atoms with Crippen LogP contribution in [0.15, 0.2) is 0 Å². The summed E-state index contributed by atoms with van der Waals surface area (Å²) < 4.78 is 0. The molecule has 0 aromatic heterocycles. The van der Waals surface area contributed by atoms with E-state index >= 15 is 0 Å². The third-order valence-electron chi connectivity index (χ3n) is 4.02. The van der Waals surface area contributed by atoms with Gasteiger partial charge in [0.15, 0.2) is 0 Å². The third kappa shape index (κ3) is 6.37. The normalized spacial score (nSPS) is 17.4. The maximum Gasteiger partial charge on any atom is 0.305 e. The van der Waals surface area contributed by atoms with E-state index < -0.39 is 12.0 Å². The molecule has 0 heterocycles. The van der Waals surface area contributed by atoms with Crippen LogP contribution in [0.5, 0.6) is 0 Å². The van der Waals surface area contributed by atoms with Crippen molar-refractivity contribution in [2.75, 3.05) is 0 Å². The molecular formula is C15H30N2O3. The Morgan fingerprint density at radius 2 is 1.75 bits per heavy atom. The molecule has 4 atom stereocenters. The molecule has 5 heteroatoms. The monoisotopic (exact) mass is 286 g/mol. The predicted octanol–water partition coefficient (Wildman–Crippen LogP) is 2.00. The van der Waals surface area contributed by atoms with Gasteiger partial charge in [-0.25, -0.2) is 0 Å². The van der Waals surface area contributed by atoms with Crippen LogP contribution in [0.4, 0.5) is 0 Å². The molecule has 118 valence electrons. The van der Waals surface area contributed by atoms with Crippen LogP contribution in [0.25, 0.3) is 0 Å². The molecule has 0 saturated heterocycles. The zero-order chi connectivity index (χ0) is 15.9. The molecule has 0 fully saturated rings. The summed E-state index contributed by atoms with van der Waals surface area (Å²) in [4.78, 5) is 23.0. The minimum atomic E-state index is -0.899. The molecule has 0 aromatic carbocycles. The van der Waals surface area contributed by atoms with E-state index in [0.29, 0.717) is 5.92 Å². The molecule has 0 aliphatic rings. The lowest BCUT2D eigenvalue weighted by molar-refractivity contribution is -0.138. The van der Waals surface area contributed by atoms with E-state index in [0.717, 1.165) is 12.8 Å². The molecular weight excluding hydrogens is 256 g/mol. The van der Waals surface area contributed by atoms with Crippen molar-refractivity contribution in [2.24, 2.45) is 23.5 Å². The van der Waals surface area contributed by atoms with E-state index in [-0.39, 0.29) is 30.2 Å². The first kappa shape index (κ1) is 18.9. The van der Waals surface area contributed by atoms with Crippen molar-refractivity contribution in [3.8, 4) is 0 Å². The Morgan fingerprint density at radius 3 is 2.15 bits per heavy atom. The number of hydrogen-bond donors (Lipinski definition) is 3. The summed E-state index contributed by atoms with van der Waals surface area (Å²) >= 11 is 0. The topological polar surface area (TPSA) is 92.4 Å². The summed E-state index contributed by atoms with van der Waals surface area (Å²) in [6.45, 7) is 9.94. The molecule has 5 nitrogen and oxygen atoms in total. The Bertz CT molecular complexity index is 318. The fourth-order valence-electron chi connectivity index (χ4n) is 2.25. The van der Waals surface area contributed by atoms with Gasteiger partial charge in [0.1, 0.15) is 0 Å². The maximum atomic E-state index is 12.0. The Balaban J connectivity index is 4.79. The zero-order valence-corrected chi connectivity index (χ0v) is 13.3. The number of carbonyl (C=O) groups is 2. The number of nitrogens with one attached hydrogen (secondary N) is 1. The number of rotatable bonds is 9. The van der Waals surface area contributed by atoms with Crippen LogP contribution in [0.2, 0.25) is 0 Å². The van der Waals surface area contributed by atoms with Crippen LogP contribution in [0.3, 0.4) is 0 Å². The number of nitrogens with two attached hydrogens (primary N) is 1. The quantitative estimate of drug-likeness (QED) is 0.604. The van der Waals surface area contributed by atoms with E-state index in [1.807, 2.05) is 20.8 Å². The standard InChI is InChI=1S/C15H30N2O3/c1-6-7-10(4)11(5)12(8-13(18)19)17-15(20)14(16)9(2)3/h9-12,14H,6-8,16H2,1-5H3,(H,17,20)(H,18,19)/t10?,11?,12?,14-/m0/s1. The SMILES string of the molecule is CCCC(C)C(C)C(CC(=O)O)NC(=O)[C@@H](N)C(C)C. The fraction of sp³-hybridized carbons (Fsp3) is 0.867. The molecule has 20 heavy (non-hydrogen) atoms. The smallest absolute Gasteiger partial charge is 0.305 e. The molecule has 4 N–H and O–H groups in total. The molecule has 0 aliphatic heterocycles. The summed E-state index contributed by atoms with van der Waals surface area (Å²) in [6, 6.07) is -0.966. The van der Waals surface area contributed by atoms with E-state index in [2.05, 4.69) is 19.2 Å². The number of hydrogen-bond acceptors (Lipinski definition) is 3. The molecule has 3 unspecified atom stereocenters. The highest BCUT2D eigenvalue weighted by Crippen LogP contribution is 2.22. The second kappa shape index (κ2) is 8.95. The molecule has 0 saturated carbocycles. The molecule has 0 rings (SSSR count).